The Hall–Kier alpha value is -2.36. The van der Waals surface area contributed by atoms with Gasteiger partial charge in [0, 0.05) is 24.1 Å². The Bertz CT molecular complexity index is 526. The molecule has 1 amide bonds. The summed E-state index contributed by atoms with van der Waals surface area (Å²) in [6, 6.07) is 11.0. The molecule has 1 N–H and O–H groups in total. The van der Waals surface area contributed by atoms with E-state index in [1.54, 1.807) is 25.6 Å². The number of benzene rings is 1. The number of hydrogen-bond donors (Lipinski definition) is 1. The standard InChI is InChI=1S/C14H14N2O2/c1-18-13-6-2-5-12(9-13)16-14(17)8-11-4-3-7-15-10-11/h2-7,9-10H,8H2,1H3,(H,16,17). The molecule has 0 aliphatic rings. The van der Waals surface area contributed by atoms with Crippen LogP contribution in [0.5, 0.6) is 5.75 Å². The lowest BCUT2D eigenvalue weighted by Gasteiger charge is -2.06. The SMILES string of the molecule is COc1cccc(NC(=O)Cc2cccnc2)c1. The van der Waals surface area contributed by atoms with Crippen LogP contribution in [0.4, 0.5) is 5.69 Å². The molecular weight excluding hydrogens is 228 g/mol. The van der Waals surface area contributed by atoms with E-state index in [0.29, 0.717) is 12.2 Å². The fourth-order valence-electron chi connectivity index (χ4n) is 1.59. The van der Waals surface area contributed by atoms with Gasteiger partial charge in [0.25, 0.3) is 0 Å². The number of anilines is 1. The first-order valence-electron chi connectivity index (χ1n) is 5.61. The number of pyridine rings is 1. The number of hydrogen-bond acceptors (Lipinski definition) is 3. The van der Waals surface area contributed by atoms with E-state index in [0.717, 1.165) is 11.3 Å². The molecular formula is C14H14N2O2. The second-order valence-electron chi connectivity index (χ2n) is 3.82. The number of nitrogens with one attached hydrogen (secondary N) is 1. The first-order valence-corrected chi connectivity index (χ1v) is 5.61. The molecule has 2 aromatic rings. The fourth-order valence-corrected chi connectivity index (χ4v) is 1.59. The van der Waals surface area contributed by atoms with Gasteiger partial charge in [-0.15, -0.1) is 0 Å². The summed E-state index contributed by atoms with van der Waals surface area (Å²) in [5, 5.41) is 2.82. The normalized spacial score (nSPS) is 9.83. The second-order valence-corrected chi connectivity index (χ2v) is 3.82. The van der Waals surface area contributed by atoms with E-state index < -0.39 is 0 Å². The number of aromatic nitrogens is 1. The summed E-state index contributed by atoms with van der Waals surface area (Å²) >= 11 is 0. The third kappa shape index (κ3) is 3.31. The van der Waals surface area contributed by atoms with Crippen molar-refractivity contribution in [3.8, 4) is 5.75 Å². The van der Waals surface area contributed by atoms with Crippen molar-refractivity contribution in [1.29, 1.82) is 0 Å². The first-order chi connectivity index (χ1) is 8.78. The number of ether oxygens (including phenoxy) is 1. The number of methoxy groups -OCH3 is 1. The summed E-state index contributed by atoms with van der Waals surface area (Å²) in [5.74, 6) is 0.644. The van der Waals surface area contributed by atoms with Gasteiger partial charge in [-0.25, -0.2) is 0 Å². The average Bonchev–Trinajstić information content (AvgIpc) is 2.40. The maximum Gasteiger partial charge on any atom is 0.228 e. The number of amides is 1. The van der Waals surface area contributed by atoms with E-state index >= 15 is 0 Å². The predicted octanol–water partition coefficient (Wildman–Crippen LogP) is 2.27. The van der Waals surface area contributed by atoms with E-state index in [9.17, 15) is 4.79 Å². The molecule has 0 radical (unpaired) electrons. The van der Waals surface area contributed by atoms with Gasteiger partial charge in [0.2, 0.25) is 5.91 Å². The van der Waals surface area contributed by atoms with Crippen LogP contribution in [0.15, 0.2) is 48.8 Å². The number of carbonyl (C=O) groups is 1. The Kier molecular flexibility index (Phi) is 3.91. The summed E-state index contributed by atoms with van der Waals surface area (Å²) in [6.07, 6.45) is 3.68. The Morgan fingerprint density at radius 1 is 1.33 bits per heavy atom. The number of nitrogens with zero attached hydrogens (tertiary/aromatic N) is 1. The fraction of sp³-hybridized carbons (Fsp3) is 0.143. The Balaban J connectivity index is 1.99. The monoisotopic (exact) mass is 242 g/mol. The molecule has 0 saturated carbocycles. The van der Waals surface area contributed by atoms with Crippen molar-refractivity contribution in [1.82, 2.24) is 4.98 Å². The van der Waals surface area contributed by atoms with Gasteiger partial charge in [-0.1, -0.05) is 12.1 Å². The zero-order chi connectivity index (χ0) is 12.8. The summed E-state index contributed by atoms with van der Waals surface area (Å²) < 4.78 is 5.09. The van der Waals surface area contributed by atoms with Crippen LogP contribution in [0.2, 0.25) is 0 Å². The highest BCUT2D eigenvalue weighted by molar-refractivity contribution is 5.92. The summed E-state index contributed by atoms with van der Waals surface area (Å²) in [7, 11) is 1.59. The highest BCUT2D eigenvalue weighted by Crippen LogP contribution is 2.16. The van der Waals surface area contributed by atoms with Crippen LogP contribution in [-0.2, 0) is 11.2 Å². The van der Waals surface area contributed by atoms with Gasteiger partial charge in [0.15, 0.2) is 0 Å². The van der Waals surface area contributed by atoms with Crippen LogP contribution in [0.3, 0.4) is 0 Å². The highest BCUT2D eigenvalue weighted by Gasteiger charge is 2.04. The minimum absolute atomic E-state index is 0.0729. The zero-order valence-corrected chi connectivity index (χ0v) is 10.1. The molecule has 0 fully saturated rings. The molecule has 2 rings (SSSR count). The van der Waals surface area contributed by atoms with Gasteiger partial charge in [-0.3, -0.25) is 9.78 Å². The third-order valence-corrected chi connectivity index (χ3v) is 2.44. The van der Waals surface area contributed by atoms with E-state index in [4.69, 9.17) is 4.74 Å². The van der Waals surface area contributed by atoms with Crippen LogP contribution in [0.1, 0.15) is 5.56 Å². The molecule has 0 saturated heterocycles. The molecule has 4 nitrogen and oxygen atoms in total. The lowest BCUT2D eigenvalue weighted by atomic mass is 10.2. The molecule has 0 atom stereocenters. The molecule has 0 bridgehead atoms. The van der Waals surface area contributed by atoms with Crippen LogP contribution < -0.4 is 10.1 Å². The highest BCUT2D eigenvalue weighted by atomic mass is 16.5. The van der Waals surface area contributed by atoms with Crippen molar-refractivity contribution in [2.75, 3.05) is 12.4 Å². The van der Waals surface area contributed by atoms with Crippen LogP contribution in [0.25, 0.3) is 0 Å². The smallest absolute Gasteiger partial charge is 0.228 e. The summed E-state index contributed by atoms with van der Waals surface area (Å²) in [5.41, 5.74) is 1.61. The van der Waals surface area contributed by atoms with Gasteiger partial charge in [0.05, 0.1) is 13.5 Å². The molecule has 1 heterocycles. The molecule has 18 heavy (non-hydrogen) atoms. The molecule has 0 aliphatic heterocycles. The van der Waals surface area contributed by atoms with Gasteiger partial charge >= 0.3 is 0 Å². The van der Waals surface area contributed by atoms with E-state index in [1.807, 2.05) is 30.3 Å². The van der Waals surface area contributed by atoms with Crippen molar-refractivity contribution in [3.63, 3.8) is 0 Å². The quantitative estimate of drug-likeness (QED) is 0.894. The molecule has 0 unspecified atom stereocenters. The van der Waals surface area contributed by atoms with Gasteiger partial charge in [-0.05, 0) is 23.8 Å². The second kappa shape index (κ2) is 5.82. The lowest BCUT2D eigenvalue weighted by molar-refractivity contribution is -0.115. The lowest BCUT2D eigenvalue weighted by Crippen LogP contribution is -2.14. The molecule has 1 aromatic heterocycles. The minimum atomic E-state index is -0.0729. The molecule has 92 valence electrons. The summed E-state index contributed by atoms with van der Waals surface area (Å²) in [6.45, 7) is 0. The topological polar surface area (TPSA) is 51.2 Å². The maximum atomic E-state index is 11.8. The van der Waals surface area contributed by atoms with Crippen LogP contribution >= 0.6 is 0 Å². The van der Waals surface area contributed by atoms with E-state index in [1.165, 1.54) is 0 Å². The molecule has 4 heteroatoms. The number of carbonyl (C=O) groups excluding carboxylic acids is 1. The first kappa shape index (κ1) is 12.1. The van der Waals surface area contributed by atoms with Crippen molar-refractivity contribution in [2.24, 2.45) is 0 Å². The molecule has 0 spiro atoms. The largest absolute Gasteiger partial charge is 0.497 e. The van der Waals surface area contributed by atoms with Gasteiger partial charge in [0.1, 0.15) is 5.75 Å². The molecule has 1 aromatic carbocycles. The van der Waals surface area contributed by atoms with Gasteiger partial charge < -0.3 is 10.1 Å². The third-order valence-electron chi connectivity index (χ3n) is 2.44. The van der Waals surface area contributed by atoms with E-state index in [2.05, 4.69) is 10.3 Å². The van der Waals surface area contributed by atoms with E-state index in [-0.39, 0.29) is 5.91 Å². The van der Waals surface area contributed by atoms with Crippen molar-refractivity contribution in [2.45, 2.75) is 6.42 Å². The Morgan fingerprint density at radius 3 is 2.94 bits per heavy atom. The minimum Gasteiger partial charge on any atom is -0.497 e. The zero-order valence-electron chi connectivity index (χ0n) is 10.1. The van der Waals surface area contributed by atoms with Crippen molar-refractivity contribution < 1.29 is 9.53 Å². The van der Waals surface area contributed by atoms with Crippen molar-refractivity contribution in [3.05, 3.63) is 54.4 Å². The van der Waals surface area contributed by atoms with Gasteiger partial charge in [-0.2, -0.15) is 0 Å². The number of rotatable bonds is 4. The average molecular weight is 242 g/mol. The maximum absolute atomic E-state index is 11.8. The summed E-state index contributed by atoms with van der Waals surface area (Å²) in [4.78, 5) is 15.8. The van der Waals surface area contributed by atoms with Crippen LogP contribution in [0, 0.1) is 0 Å². The predicted molar refractivity (Wildman–Crippen MR) is 69.6 cm³/mol. The molecule has 0 aliphatic carbocycles. The Morgan fingerprint density at radius 2 is 2.22 bits per heavy atom. The Labute approximate surface area is 106 Å². The van der Waals surface area contributed by atoms with Crippen LogP contribution in [-0.4, -0.2) is 18.0 Å². The van der Waals surface area contributed by atoms with Crippen molar-refractivity contribution >= 4 is 11.6 Å².